The van der Waals surface area contributed by atoms with Gasteiger partial charge in [0.15, 0.2) is 17.0 Å². The molecule has 1 unspecified atom stereocenters. The predicted octanol–water partition coefficient (Wildman–Crippen LogP) is 0.627. The molecule has 5 rings (SSSR count). The van der Waals surface area contributed by atoms with E-state index in [0.717, 1.165) is 19.2 Å². The van der Waals surface area contributed by atoms with Crippen LogP contribution in [0.5, 0.6) is 5.88 Å². The Morgan fingerprint density at radius 2 is 2.06 bits per heavy atom. The normalized spacial score (nSPS) is 21.0. The maximum Gasteiger partial charge on any atom is 0.256 e. The highest BCUT2D eigenvalue weighted by Gasteiger charge is 2.35. The maximum atomic E-state index is 14.6. The van der Waals surface area contributed by atoms with Crippen LogP contribution in [0.4, 0.5) is 21.8 Å². The average Bonchev–Trinajstić information content (AvgIpc) is 3.49. The van der Waals surface area contributed by atoms with Gasteiger partial charge in [-0.2, -0.15) is 9.97 Å². The highest BCUT2D eigenvalue weighted by Crippen LogP contribution is 2.32. The van der Waals surface area contributed by atoms with E-state index in [-0.39, 0.29) is 19.1 Å². The van der Waals surface area contributed by atoms with Crippen molar-refractivity contribution in [1.29, 1.82) is 0 Å². The number of ether oxygens (including phenoxy) is 1. The molecule has 0 bridgehead atoms. The van der Waals surface area contributed by atoms with E-state index in [1.54, 1.807) is 22.9 Å². The standard InChI is InChI=1S/C21H27FN10O2/c1-5-16(33)24-14-9-31(8-13(14)22)21-26-18(17-19(27-21)30(3)11-23-17)25-15-10-32(28-20(15)34-4)12-6-29(2)7-12/h5,10-14H,1,6-9H2,2-4H3,(H,24,33)(H,25,26,27)/t13?,14-/m1/s1. The molecular formula is C21H27FN10O2. The number of methoxy groups -OCH3 is 1. The van der Waals surface area contributed by atoms with Crippen LogP contribution in [0.3, 0.4) is 0 Å². The summed E-state index contributed by atoms with van der Waals surface area (Å²) in [6, 6.07) is -0.397. The highest BCUT2D eigenvalue weighted by molar-refractivity contribution is 5.88. The monoisotopic (exact) mass is 470 g/mol. The minimum absolute atomic E-state index is 0.0569. The molecular weight excluding hydrogens is 443 g/mol. The van der Waals surface area contributed by atoms with Gasteiger partial charge in [-0.3, -0.25) is 9.48 Å². The topological polar surface area (TPSA) is 118 Å². The molecule has 0 aromatic carbocycles. The van der Waals surface area contributed by atoms with E-state index in [1.165, 1.54) is 0 Å². The number of hydrogen-bond donors (Lipinski definition) is 2. The van der Waals surface area contributed by atoms with Crippen molar-refractivity contribution in [3.05, 3.63) is 25.2 Å². The lowest BCUT2D eigenvalue weighted by atomic mass is 10.1. The summed E-state index contributed by atoms with van der Waals surface area (Å²) in [5, 5.41) is 10.5. The first-order valence-corrected chi connectivity index (χ1v) is 11.0. The Hall–Kier alpha value is -3.74. The number of anilines is 3. The van der Waals surface area contributed by atoms with E-state index in [0.29, 0.717) is 34.5 Å². The Morgan fingerprint density at radius 1 is 1.26 bits per heavy atom. The molecule has 2 saturated heterocycles. The zero-order chi connectivity index (χ0) is 24.0. The number of alkyl halides is 1. The van der Waals surface area contributed by atoms with Crippen molar-refractivity contribution in [1.82, 2.24) is 39.5 Å². The molecule has 2 aliphatic rings. The molecule has 5 heterocycles. The molecule has 13 heteroatoms. The Labute approximate surface area is 195 Å². The van der Waals surface area contributed by atoms with Gasteiger partial charge in [-0.05, 0) is 13.1 Å². The van der Waals surface area contributed by atoms with Crippen LogP contribution >= 0.6 is 0 Å². The van der Waals surface area contributed by atoms with E-state index in [2.05, 4.69) is 49.2 Å². The summed E-state index contributed by atoms with van der Waals surface area (Å²) in [7, 11) is 5.46. The van der Waals surface area contributed by atoms with Crippen LogP contribution < -0.4 is 20.3 Å². The fourth-order valence-corrected chi connectivity index (χ4v) is 4.29. The van der Waals surface area contributed by atoms with E-state index < -0.39 is 18.1 Å². The minimum Gasteiger partial charge on any atom is -0.478 e. The van der Waals surface area contributed by atoms with Crippen LogP contribution in [0.2, 0.25) is 0 Å². The lowest BCUT2D eigenvalue weighted by molar-refractivity contribution is -0.117. The molecule has 2 atom stereocenters. The van der Waals surface area contributed by atoms with Gasteiger partial charge in [-0.15, -0.1) is 5.10 Å². The number of aryl methyl sites for hydroxylation is 1. The summed E-state index contributed by atoms with van der Waals surface area (Å²) >= 11 is 0. The SMILES string of the molecule is C=CC(=O)N[C@@H]1CN(c2nc(Nc3cn(C4CN(C)C4)nc3OC)c3ncn(C)c3n2)CC1F. The quantitative estimate of drug-likeness (QED) is 0.479. The van der Waals surface area contributed by atoms with Crippen molar-refractivity contribution in [2.75, 3.05) is 50.6 Å². The molecule has 12 nitrogen and oxygen atoms in total. The number of rotatable bonds is 7. The van der Waals surface area contributed by atoms with Gasteiger partial charge in [0.25, 0.3) is 5.88 Å². The van der Waals surface area contributed by atoms with Crippen LogP contribution in [0, 0.1) is 0 Å². The van der Waals surface area contributed by atoms with Crippen molar-refractivity contribution in [2.24, 2.45) is 7.05 Å². The first-order valence-electron chi connectivity index (χ1n) is 11.0. The summed E-state index contributed by atoms with van der Waals surface area (Å²) in [5.41, 5.74) is 1.81. The first-order chi connectivity index (χ1) is 16.4. The van der Waals surface area contributed by atoms with Crippen LogP contribution in [0.25, 0.3) is 11.2 Å². The zero-order valence-corrected chi connectivity index (χ0v) is 19.3. The average molecular weight is 471 g/mol. The van der Waals surface area contributed by atoms with Gasteiger partial charge in [0.1, 0.15) is 11.9 Å². The van der Waals surface area contributed by atoms with Gasteiger partial charge in [0.2, 0.25) is 11.9 Å². The largest absolute Gasteiger partial charge is 0.478 e. The fraction of sp³-hybridized carbons (Fsp3) is 0.476. The number of likely N-dealkylation sites (N-methyl/N-ethyl adjacent to an activating group) is 1. The Bertz CT molecular complexity index is 1230. The van der Waals surface area contributed by atoms with E-state index >= 15 is 0 Å². The summed E-state index contributed by atoms with van der Waals surface area (Å²) in [4.78, 5) is 29.3. The van der Waals surface area contributed by atoms with Crippen LogP contribution in [-0.4, -0.2) is 92.7 Å². The third-order valence-corrected chi connectivity index (χ3v) is 6.16. The number of likely N-dealkylation sites (tertiary alicyclic amines) is 1. The Morgan fingerprint density at radius 3 is 2.76 bits per heavy atom. The Balaban J connectivity index is 1.46. The smallest absolute Gasteiger partial charge is 0.256 e. The van der Waals surface area contributed by atoms with Crippen LogP contribution in [0.1, 0.15) is 6.04 Å². The van der Waals surface area contributed by atoms with E-state index in [4.69, 9.17) is 4.74 Å². The number of halogens is 1. The summed E-state index contributed by atoms with van der Waals surface area (Å²) in [6.07, 6.45) is 3.41. The molecule has 0 radical (unpaired) electrons. The lowest BCUT2D eigenvalue weighted by Crippen LogP contribution is -2.45. The van der Waals surface area contributed by atoms with Crippen molar-refractivity contribution < 1.29 is 13.9 Å². The molecule has 2 aliphatic heterocycles. The number of imidazole rings is 1. The van der Waals surface area contributed by atoms with Gasteiger partial charge < -0.3 is 29.7 Å². The molecule has 180 valence electrons. The second-order valence-electron chi connectivity index (χ2n) is 8.67. The summed E-state index contributed by atoms with van der Waals surface area (Å²) in [6.45, 7) is 5.54. The van der Waals surface area contributed by atoms with Gasteiger partial charge in [0, 0.05) is 26.7 Å². The highest BCUT2D eigenvalue weighted by atomic mass is 19.1. The number of nitrogens with one attached hydrogen (secondary N) is 2. The van der Waals surface area contributed by atoms with Gasteiger partial charge >= 0.3 is 0 Å². The third kappa shape index (κ3) is 3.91. The van der Waals surface area contributed by atoms with E-state index in [1.807, 2.05) is 17.9 Å². The molecule has 0 spiro atoms. The van der Waals surface area contributed by atoms with Crippen molar-refractivity contribution in [3.8, 4) is 5.88 Å². The first kappa shape index (κ1) is 22.1. The lowest BCUT2D eigenvalue weighted by Gasteiger charge is -2.35. The number of nitrogens with zero attached hydrogens (tertiary/aromatic N) is 8. The number of fused-ring (bicyclic) bond motifs is 1. The van der Waals surface area contributed by atoms with Gasteiger partial charge in [0.05, 0.1) is 38.3 Å². The zero-order valence-electron chi connectivity index (χ0n) is 19.3. The van der Waals surface area contributed by atoms with Crippen molar-refractivity contribution in [3.63, 3.8) is 0 Å². The number of hydrogen-bond acceptors (Lipinski definition) is 9. The number of carbonyl (C=O) groups excluding carboxylic acids is 1. The second kappa shape index (κ2) is 8.56. The molecule has 3 aromatic heterocycles. The van der Waals surface area contributed by atoms with Crippen molar-refractivity contribution in [2.45, 2.75) is 18.3 Å². The predicted molar refractivity (Wildman–Crippen MR) is 124 cm³/mol. The third-order valence-electron chi connectivity index (χ3n) is 6.16. The molecule has 0 aliphatic carbocycles. The van der Waals surface area contributed by atoms with Crippen LogP contribution in [0.15, 0.2) is 25.2 Å². The summed E-state index contributed by atoms with van der Waals surface area (Å²) in [5.74, 6) is 0.819. The minimum atomic E-state index is -1.26. The summed E-state index contributed by atoms with van der Waals surface area (Å²) < 4.78 is 23.8. The molecule has 1 amide bonds. The molecule has 0 saturated carbocycles. The number of aromatic nitrogens is 6. The number of amides is 1. The number of carbonyl (C=O) groups is 1. The molecule has 3 aromatic rings. The maximum absolute atomic E-state index is 14.6. The van der Waals surface area contributed by atoms with E-state index in [9.17, 15) is 9.18 Å². The molecule has 34 heavy (non-hydrogen) atoms. The van der Waals surface area contributed by atoms with Crippen LogP contribution in [-0.2, 0) is 11.8 Å². The second-order valence-corrected chi connectivity index (χ2v) is 8.67. The van der Waals surface area contributed by atoms with Gasteiger partial charge in [-0.1, -0.05) is 6.58 Å². The van der Waals surface area contributed by atoms with Crippen molar-refractivity contribution >= 4 is 34.5 Å². The molecule has 2 N–H and O–H groups in total. The Kier molecular flexibility index (Phi) is 5.55. The molecule has 2 fully saturated rings. The van der Waals surface area contributed by atoms with Gasteiger partial charge in [-0.25, -0.2) is 9.37 Å². The fourth-order valence-electron chi connectivity index (χ4n) is 4.29.